The smallest absolute Gasteiger partial charge is 0.251 e. The second-order valence-corrected chi connectivity index (χ2v) is 3.80. The van der Waals surface area contributed by atoms with Crippen molar-refractivity contribution in [2.24, 2.45) is 0 Å². The molecule has 1 aromatic carbocycles. The number of halogens is 3. The van der Waals surface area contributed by atoms with Gasteiger partial charge in [-0.05, 0) is 18.6 Å². The van der Waals surface area contributed by atoms with Gasteiger partial charge in [0.15, 0.2) is 0 Å². The summed E-state index contributed by atoms with van der Waals surface area (Å²) >= 11 is 0. The number of aryl methyl sites for hydroxylation is 1. The zero-order valence-corrected chi connectivity index (χ0v) is 9.12. The first kappa shape index (κ1) is 11.6. The Bertz CT molecular complexity index is 515. The van der Waals surface area contributed by atoms with Gasteiger partial charge in [-0.25, -0.2) is 0 Å². The van der Waals surface area contributed by atoms with Crippen LogP contribution in [0.5, 0.6) is 0 Å². The Balaban J connectivity index is 2.36. The van der Waals surface area contributed by atoms with E-state index in [1.807, 2.05) is 31.2 Å². The number of pyridine rings is 1. The van der Waals surface area contributed by atoms with Crippen molar-refractivity contribution in [3.8, 4) is 11.1 Å². The monoisotopic (exact) mass is 237 g/mol. The van der Waals surface area contributed by atoms with Gasteiger partial charge in [-0.1, -0.05) is 35.9 Å². The second-order valence-electron chi connectivity index (χ2n) is 3.80. The van der Waals surface area contributed by atoms with Gasteiger partial charge in [0.1, 0.15) is 5.69 Å². The highest BCUT2D eigenvalue weighted by atomic mass is 19.4. The van der Waals surface area contributed by atoms with Gasteiger partial charge in [-0.2, -0.15) is 13.2 Å². The highest BCUT2D eigenvalue weighted by Gasteiger charge is 2.31. The van der Waals surface area contributed by atoms with Crippen LogP contribution in [0, 0.1) is 6.92 Å². The molecule has 0 saturated heterocycles. The van der Waals surface area contributed by atoms with Crippen LogP contribution in [0.3, 0.4) is 0 Å². The average Bonchev–Trinajstić information content (AvgIpc) is 2.28. The number of alkyl halides is 3. The van der Waals surface area contributed by atoms with E-state index in [1.54, 1.807) is 0 Å². The molecule has 0 saturated carbocycles. The fourth-order valence-electron chi connectivity index (χ4n) is 1.56. The van der Waals surface area contributed by atoms with E-state index in [9.17, 15) is 13.2 Å². The van der Waals surface area contributed by atoms with Crippen molar-refractivity contribution in [2.45, 2.75) is 13.1 Å². The lowest BCUT2D eigenvalue weighted by molar-refractivity contribution is -0.141. The number of hydrogen-bond donors (Lipinski definition) is 0. The summed E-state index contributed by atoms with van der Waals surface area (Å²) in [6.45, 7) is 1.93. The highest BCUT2D eigenvalue weighted by Crippen LogP contribution is 2.29. The molecule has 0 bridgehead atoms. The van der Waals surface area contributed by atoms with E-state index in [0.29, 0.717) is 5.56 Å². The van der Waals surface area contributed by atoms with Gasteiger partial charge >= 0.3 is 6.18 Å². The van der Waals surface area contributed by atoms with E-state index in [-0.39, 0.29) is 0 Å². The Morgan fingerprint density at radius 2 is 1.76 bits per heavy atom. The summed E-state index contributed by atoms with van der Waals surface area (Å²) in [7, 11) is 0. The van der Waals surface area contributed by atoms with Crippen LogP contribution in [0.15, 0.2) is 42.6 Å². The summed E-state index contributed by atoms with van der Waals surface area (Å²) in [5, 5.41) is 0. The Kier molecular flexibility index (Phi) is 2.88. The first-order chi connectivity index (χ1) is 7.97. The predicted molar refractivity (Wildman–Crippen MR) is 59.4 cm³/mol. The number of rotatable bonds is 1. The summed E-state index contributed by atoms with van der Waals surface area (Å²) in [5.41, 5.74) is 1.74. The number of aromatic nitrogens is 1. The average molecular weight is 237 g/mol. The minimum Gasteiger partial charge on any atom is -0.251 e. The molecule has 0 aliphatic carbocycles. The van der Waals surface area contributed by atoms with Gasteiger partial charge in [0.05, 0.1) is 0 Å². The maximum atomic E-state index is 12.3. The van der Waals surface area contributed by atoms with E-state index < -0.39 is 11.9 Å². The first-order valence-electron chi connectivity index (χ1n) is 5.07. The molecule has 0 spiro atoms. The van der Waals surface area contributed by atoms with Crippen molar-refractivity contribution in [3.63, 3.8) is 0 Å². The Morgan fingerprint density at radius 3 is 2.29 bits per heavy atom. The summed E-state index contributed by atoms with van der Waals surface area (Å²) in [6, 6.07) is 9.98. The molecule has 2 aromatic rings. The predicted octanol–water partition coefficient (Wildman–Crippen LogP) is 4.08. The van der Waals surface area contributed by atoms with Crippen LogP contribution in [0.25, 0.3) is 11.1 Å². The molecule has 1 nitrogen and oxygen atoms in total. The Hall–Kier alpha value is -1.84. The maximum Gasteiger partial charge on any atom is 0.433 e. The van der Waals surface area contributed by atoms with Gasteiger partial charge in [0.2, 0.25) is 0 Å². The molecule has 88 valence electrons. The second kappa shape index (κ2) is 4.20. The standard InChI is InChI=1S/C13H10F3N/c1-9-3-2-4-10(7-9)11-5-6-12(17-8-11)13(14,15)16/h2-8H,1H3. The molecule has 0 unspecified atom stereocenters. The molecule has 2 rings (SSSR count). The zero-order valence-electron chi connectivity index (χ0n) is 9.12. The molecule has 0 fully saturated rings. The van der Waals surface area contributed by atoms with Crippen LogP contribution in [0.1, 0.15) is 11.3 Å². The Morgan fingerprint density at radius 1 is 1.00 bits per heavy atom. The lowest BCUT2D eigenvalue weighted by Gasteiger charge is -2.07. The summed E-state index contributed by atoms with van der Waals surface area (Å²) in [4.78, 5) is 3.43. The van der Waals surface area contributed by atoms with Gasteiger partial charge in [-0.15, -0.1) is 0 Å². The molecule has 0 atom stereocenters. The number of hydrogen-bond acceptors (Lipinski definition) is 1. The summed E-state index contributed by atoms with van der Waals surface area (Å²) in [5.74, 6) is 0. The molecule has 4 heteroatoms. The Labute approximate surface area is 96.9 Å². The highest BCUT2D eigenvalue weighted by molar-refractivity contribution is 5.63. The fraction of sp³-hybridized carbons (Fsp3) is 0.154. The number of nitrogens with zero attached hydrogens (tertiary/aromatic N) is 1. The van der Waals surface area contributed by atoms with Crippen molar-refractivity contribution in [1.29, 1.82) is 0 Å². The van der Waals surface area contributed by atoms with Crippen LogP contribution < -0.4 is 0 Å². The fourth-order valence-corrected chi connectivity index (χ4v) is 1.56. The molecule has 1 heterocycles. The molecule has 1 aromatic heterocycles. The largest absolute Gasteiger partial charge is 0.433 e. The molecular weight excluding hydrogens is 227 g/mol. The first-order valence-corrected chi connectivity index (χ1v) is 5.07. The minimum absolute atomic E-state index is 0.682. The normalized spacial score (nSPS) is 11.5. The zero-order chi connectivity index (χ0) is 12.5. The molecule has 17 heavy (non-hydrogen) atoms. The van der Waals surface area contributed by atoms with Crippen LogP contribution in [0.2, 0.25) is 0 Å². The van der Waals surface area contributed by atoms with Crippen molar-refractivity contribution in [1.82, 2.24) is 4.98 Å². The number of benzene rings is 1. The van der Waals surface area contributed by atoms with Crippen LogP contribution >= 0.6 is 0 Å². The van der Waals surface area contributed by atoms with Crippen molar-refractivity contribution < 1.29 is 13.2 Å². The van der Waals surface area contributed by atoms with Crippen molar-refractivity contribution in [3.05, 3.63) is 53.9 Å². The van der Waals surface area contributed by atoms with Crippen LogP contribution in [0.4, 0.5) is 13.2 Å². The minimum atomic E-state index is -4.38. The third-order valence-electron chi connectivity index (χ3n) is 2.41. The molecule has 0 amide bonds. The van der Waals surface area contributed by atoms with Gasteiger partial charge in [-0.3, -0.25) is 4.98 Å². The SMILES string of the molecule is Cc1cccc(-c2ccc(C(F)(F)F)nc2)c1. The van der Waals surface area contributed by atoms with E-state index in [1.165, 1.54) is 12.3 Å². The van der Waals surface area contributed by atoms with Crippen LogP contribution in [-0.2, 0) is 6.18 Å². The molecule has 0 N–H and O–H groups in total. The van der Waals surface area contributed by atoms with Gasteiger partial charge in [0.25, 0.3) is 0 Å². The van der Waals surface area contributed by atoms with E-state index >= 15 is 0 Å². The summed E-state index contributed by atoms with van der Waals surface area (Å²) < 4.78 is 37.0. The molecule has 0 radical (unpaired) electrons. The van der Waals surface area contributed by atoms with Gasteiger partial charge < -0.3 is 0 Å². The maximum absolute atomic E-state index is 12.3. The van der Waals surface area contributed by atoms with E-state index in [4.69, 9.17) is 0 Å². The summed E-state index contributed by atoms with van der Waals surface area (Å²) in [6.07, 6.45) is -3.14. The lowest BCUT2D eigenvalue weighted by Crippen LogP contribution is -2.07. The third-order valence-corrected chi connectivity index (χ3v) is 2.41. The van der Waals surface area contributed by atoms with E-state index in [0.717, 1.165) is 17.2 Å². The molecular formula is C13H10F3N. The molecule has 0 aliphatic heterocycles. The third kappa shape index (κ3) is 2.64. The van der Waals surface area contributed by atoms with Crippen molar-refractivity contribution >= 4 is 0 Å². The van der Waals surface area contributed by atoms with Crippen LogP contribution in [-0.4, -0.2) is 4.98 Å². The van der Waals surface area contributed by atoms with E-state index in [2.05, 4.69) is 4.98 Å². The lowest BCUT2D eigenvalue weighted by atomic mass is 10.1. The molecule has 0 aliphatic rings. The van der Waals surface area contributed by atoms with Gasteiger partial charge in [0, 0.05) is 11.8 Å². The quantitative estimate of drug-likeness (QED) is 0.728. The van der Waals surface area contributed by atoms with Crippen molar-refractivity contribution in [2.75, 3.05) is 0 Å². The topological polar surface area (TPSA) is 12.9 Å².